The Morgan fingerprint density at radius 3 is 2.22 bits per heavy atom. The normalized spacial score (nSPS) is 19.1. The summed E-state index contributed by atoms with van der Waals surface area (Å²) < 4.78 is 4.99. The zero-order valence-electron chi connectivity index (χ0n) is 21.0. The summed E-state index contributed by atoms with van der Waals surface area (Å²) in [6.45, 7) is 0.401. The van der Waals surface area contributed by atoms with E-state index in [1.54, 1.807) is 41.6 Å². The average molecular weight is 508 g/mol. The van der Waals surface area contributed by atoms with Gasteiger partial charge in [-0.15, -0.1) is 0 Å². The molecule has 2 atom stereocenters. The number of hydrogen-bond acceptors (Lipinski definition) is 7. The van der Waals surface area contributed by atoms with Crippen LogP contribution >= 0.6 is 0 Å². The molecular weight excluding hydrogens is 474 g/mol. The first-order valence-electron chi connectivity index (χ1n) is 12.8. The summed E-state index contributed by atoms with van der Waals surface area (Å²) in [6.07, 6.45) is 12.0. The average Bonchev–Trinajstić information content (AvgIpc) is 2.96. The Morgan fingerprint density at radius 2 is 1.62 bits per heavy atom. The quantitative estimate of drug-likeness (QED) is 0.570. The standard InChI is InChI=1S/C27H33N5O5/c1-37-27(36)22(15-19-7-3-2-4-8-19)30-24(33)23-18-31(25(34)20-9-5-11-28-16-20)13-14-32(23)26(35)21-10-6-12-29-17-21/h5-6,9-12,16-17,19,22-23H,2-4,7-8,13-15,18H2,1H3,(H,30,33). The highest BCUT2D eigenvalue weighted by Gasteiger charge is 2.39. The molecule has 0 bridgehead atoms. The first kappa shape index (κ1) is 26.2. The molecule has 3 heterocycles. The van der Waals surface area contributed by atoms with E-state index in [4.69, 9.17) is 4.74 Å². The van der Waals surface area contributed by atoms with Crippen molar-refractivity contribution in [2.75, 3.05) is 26.7 Å². The van der Waals surface area contributed by atoms with Gasteiger partial charge in [0.1, 0.15) is 12.1 Å². The topological polar surface area (TPSA) is 122 Å². The molecule has 1 aliphatic heterocycles. The van der Waals surface area contributed by atoms with Crippen molar-refractivity contribution in [3.63, 3.8) is 0 Å². The van der Waals surface area contributed by atoms with Crippen LogP contribution in [0, 0.1) is 5.92 Å². The van der Waals surface area contributed by atoms with E-state index in [-0.39, 0.29) is 31.4 Å². The Balaban J connectivity index is 1.55. The summed E-state index contributed by atoms with van der Waals surface area (Å²) in [5, 5.41) is 2.85. The van der Waals surface area contributed by atoms with Crippen LogP contribution < -0.4 is 5.32 Å². The lowest BCUT2D eigenvalue weighted by Crippen LogP contribution is -2.63. The number of carbonyl (C=O) groups is 4. The van der Waals surface area contributed by atoms with E-state index >= 15 is 0 Å². The number of methoxy groups -OCH3 is 1. The fourth-order valence-electron chi connectivity index (χ4n) is 5.14. The van der Waals surface area contributed by atoms with Crippen LogP contribution in [0.4, 0.5) is 0 Å². The number of nitrogens with zero attached hydrogens (tertiary/aromatic N) is 4. The Labute approximate surface area is 216 Å². The number of rotatable bonds is 7. The molecule has 1 aliphatic carbocycles. The highest BCUT2D eigenvalue weighted by Crippen LogP contribution is 2.28. The van der Waals surface area contributed by atoms with Gasteiger partial charge in [0, 0.05) is 37.9 Å². The number of amides is 3. The van der Waals surface area contributed by atoms with E-state index in [1.807, 2.05) is 0 Å². The molecule has 37 heavy (non-hydrogen) atoms. The van der Waals surface area contributed by atoms with Crippen LogP contribution in [0.25, 0.3) is 0 Å². The minimum Gasteiger partial charge on any atom is -0.467 e. The van der Waals surface area contributed by atoms with Crippen LogP contribution in [-0.2, 0) is 14.3 Å². The maximum Gasteiger partial charge on any atom is 0.328 e. The SMILES string of the molecule is COC(=O)C(CC1CCCCC1)NC(=O)C1CN(C(=O)c2cccnc2)CCN1C(=O)c1cccnc1. The summed E-state index contributed by atoms with van der Waals surface area (Å²) in [5.41, 5.74) is 0.748. The fraction of sp³-hybridized carbons (Fsp3) is 0.481. The maximum atomic E-state index is 13.6. The van der Waals surface area contributed by atoms with E-state index in [0.717, 1.165) is 25.7 Å². The molecule has 2 aromatic heterocycles. The molecule has 1 saturated heterocycles. The van der Waals surface area contributed by atoms with E-state index in [0.29, 0.717) is 23.5 Å². The summed E-state index contributed by atoms with van der Waals surface area (Å²) >= 11 is 0. The smallest absolute Gasteiger partial charge is 0.328 e. The second kappa shape index (κ2) is 12.4. The van der Waals surface area contributed by atoms with Crippen molar-refractivity contribution in [3.05, 3.63) is 60.2 Å². The molecule has 0 spiro atoms. The number of carbonyl (C=O) groups excluding carboxylic acids is 4. The molecule has 4 rings (SSSR count). The van der Waals surface area contributed by atoms with Gasteiger partial charge in [-0.3, -0.25) is 24.4 Å². The minimum absolute atomic E-state index is 0.0110. The number of nitrogens with one attached hydrogen (secondary N) is 1. The lowest BCUT2D eigenvalue weighted by atomic mass is 9.84. The first-order chi connectivity index (χ1) is 18.0. The van der Waals surface area contributed by atoms with Crippen LogP contribution in [0.1, 0.15) is 59.2 Å². The lowest BCUT2D eigenvalue weighted by Gasteiger charge is -2.41. The van der Waals surface area contributed by atoms with Gasteiger partial charge in [-0.1, -0.05) is 32.1 Å². The van der Waals surface area contributed by atoms with Crippen molar-refractivity contribution < 1.29 is 23.9 Å². The Kier molecular flexibility index (Phi) is 8.81. The molecule has 2 unspecified atom stereocenters. The molecule has 3 amide bonds. The van der Waals surface area contributed by atoms with E-state index in [9.17, 15) is 19.2 Å². The van der Waals surface area contributed by atoms with Gasteiger partial charge in [0.2, 0.25) is 5.91 Å². The number of esters is 1. The van der Waals surface area contributed by atoms with Crippen LogP contribution in [0.15, 0.2) is 49.1 Å². The monoisotopic (exact) mass is 507 g/mol. The van der Waals surface area contributed by atoms with Gasteiger partial charge in [-0.05, 0) is 36.6 Å². The van der Waals surface area contributed by atoms with Crippen LogP contribution in [0.2, 0.25) is 0 Å². The molecule has 10 nitrogen and oxygen atoms in total. The number of pyridine rings is 2. The Hall–Kier alpha value is -3.82. The molecule has 0 radical (unpaired) electrons. The van der Waals surface area contributed by atoms with Gasteiger partial charge in [0.15, 0.2) is 0 Å². The minimum atomic E-state index is -0.986. The van der Waals surface area contributed by atoms with Gasteiger partial charge in [0.25, 0.3) is 11.8 Å². The molecule has 10 heteroatoms. The predicted octanol–water partition coefficient (Wildman–Crippen LogP) is 2.07. The number of aromatic nitrogens is 2. The summed E-state index contributed by atoms with van der Waals surface area (Å²) in [5.74, 6) is -1.31. The van der Waals surface area contributed by atoms with Crippen LogP contribution in [0.5, 0.6) is 0 Å². The van der Waals surface area contributed by atoms with E-state index < -0.39 is 24.0 Å². The van der Waals surface area contributed by atoms with Crippen LogP contribution in [0.3, 0.4) is 0 Å². The number of hydrogen-bond donors (Lipinski definition) is 1. The van der Waals surface area contributed by atoms with Crippen molar-refractivity contribution in [2.24, 2.45) is 5.92 Å². The third-order valence-corrected chi connectivity index (χ3v) is 7.14. The highest BCUT2D eigenvalue weighted by molar-refractivity contribution is 5.99. The van der Waals surface area contributed by atoms with E-state index in [2.05, 4.69) is 15.3 Å². The molecular formula is C27H33N5O5. The number of piperazine rings is 1. The summed E-state index contributed by atoms with van der Waals surface area (Å²) in [7, 11) is 1.30. The van der Waals surface area contributed by atoms with Crippen molar-refractivity contribution >= 4 is 23.7 Å². The molecule has 196 valence electrons. The number of ether oxygens (including phenoxy) is 1. The maximum absolute atomic E-state index is 13.6. The van der Waals surface area contributed by atoms with Gasteiger partial charge in [-0.2, -0.15) is 0 Å². The highest BCUT2D eigenvalue weighted by atomic mass is 16.5. The fourth-order valence-corrected chi connectivity index (χ4v) is 5.14. The molecule has 1 N–H and O–H groups in total. The molecule has 2 fully saturated rings. The largest absolute Gasteiger partial charge is 0.467 e. The van der Waals surface area contributed by atoms with Crippen molar-refractivity contribution in [2.45, 2.75) is 50.6 Å². The zero-order valence-corrected chi connectivity index (χ0v) is 21.0. The van der Waals surface area contributed by atoms with Gasteiger partial charge in [-0.25, -0.2) is 4.79 Å². The molecule has 2 aromatic rings. The van der Waals surface area contributed by atoms with Crippen molar-refractivity contribution in [3.8, 4) is 0 Å². The lowest BCUT2D eigenvalue weighted by molar-refractivity contribution is -0.146. The second-order valence-corrected chi connectivity index (χ2v) is 9.57. The predicted molar refractivity (Wildman–Crippen MR) is 134 cm³/mol. The summed E-state index contributed by atoms with van der Waals surface area (Å²) in [4.78, 5) is 63.7. The third-order valence-electron chi connectivity index (χ3n) is 7.14. The first-order valence-corrected chi connectivity index (χ1v) is 12.8. The van der Waals surface area contributed by atoms with Gasteiger partial charge >= 0.3 is 5.97 Å². The Morgan fingerprint density at radius 1 is 0.973 bits per heavy atom. The summed E-state index contributed by atoms with van der Waals surface area (Å²) in [6, 6.07) is 4.82. The molecule has 0 aromatic carbocycles. The third kappa shape index (κ3) is 6.49. The zero-order chi connectivity index (χ0) is 26.2. The van der Waals surface area contributed by atoms with Crippen LogP contribution in [-0.4, -0.2) is 82.3 Å². The molecule has 2 aliphatic rings. The van der Waals surface area contributed by atoms with Gasteiger partial charge in [0.05, 0.1) is 24.8 Å². The van der Waals surface area contributed by atoms with E-state index in [1.165, 1.54) is 30.8 Å². The second-order valence-electron chi connectivity index (χ2n) is 9.57. The van der Waals surface area contributed by atoms with Crippen molar-refractivity contribution in [1.29, 1.82) is 0 Å². The Bertz CT molecular complexity index is 1090. The van der Waals surface area contributed by atoms with Crippen molar-refractivity contribution in [1.82, 2.24) is 25.1 Å². The molecule has 1 saturated carbocycles. The van der Waals surface area contributed by atoms with Gasteiger partial charge < -0.3 is 19.9 Å².